The van der Waals surface area contributed by atoms with Crippen LogP contribution in [0.5, 0.6) is 0 Å². The predicted molar refractivity (Wildman–Crippen MR) is 154 cm³/mol. The van der Waals surface area contributed by atoms with Crippen molar-refractivity contribution < 1.29 is 18.0 Å². The zero-order chi connectivity index (χ0) is 27.9. The molecule has 2 amide bonds. The molecule has 0 unspecified atom stereocenters. The molecule has 0 saturated carbocycles. The normalized spacial score (nSPS) is 12.2. The predicted octanol–water partition coefficient (Wildman–Crippen LogP) is 5.28. The summed E-state index contributed by atoms with van der Waals surface area (Å²) < 4.78 is 29.4. The van der Waals surface area contributed by atoms with Gasteiger partial charge in [-0.1, -0.05) is 70.9 Å². The van der Waals surface area contributed by atoms with Crippen molar-refractivity contribution >= 4 is 43.5 Å². The zero-order valence-electron chi connectivity index (χ0n) is 22.1. The fourth-order valence-corrected chi connectivity index (χ4v) is 5.86. The van der Waals surface area contributed by atoms with Crippen LogP contribution in [0.2, 0.25) is 0 Å². The van der Waals surface area contributed by atoms with Crippen LogP contribution in [-0.2, 0) is 26.2 Å². The van der Waals surface area contributed by atoms with Crippen LogP contribution in [0.3, 0.4) is 0 Å². The summed E-state index contributed by atoms with van der Waals surface area (Å²) in [5, 5.41) is 2.90. The van der Waals surface area contributed by atoms with Gasteiger partial charge in [0.25, 0.3) is 10.0 Å². The number of halogens is 1. The second kappa shape index (κ2) is 13.1. The minimum atomic E-state index is -4.08. The molecule has 1 atom stereocenters. The van der Waals surface area contributed by atoms with Gasteiger partial charge in [-0.3, -0.25) is 13.9 Å². The molecule has 0 aliphatic heterocycles. The number of carbonyl (C=O) groups excluding carboxylic acids is 2. The molecule has 38 heavy (non-hydrogen) atoms. The monoisotopic (exact) mass is 599 g/mol. The van der Waals surface area contributed by atoms with E-state index in [-0.39, 0.29) is 23.4 Å². The fraction of sp³-hybridized carbons (Fsp3) is 0.310. The number of anilines is 1. The number of nitrogens with one attached hydrogen (secondary N) is 1. The molecule has 0 aliphatic carbocycles. The van der Waals surface area contributed by atoms with Crippen molar-refractivity contribution in [2.45, 2.75) is 57.6 Å². The van der Waals surface area contributed by atoms with E-state index in [1.54, 1.807) is 42.5 Å². The molecule has 3 aromatic rings. The Morgan fingerprint density at radius 1 is 0.947 bits per heavy atom. The quantitative estimate of drug-likeness (QED) is 0.324. The topological polar surface area (TPSA) is 86.8 Å². The van der Waals surface area contributed by atoms with Crippen LogP contribution in [0.25, 0.3) is 0 Å². The third-order valence-electron chi connectivity index (χ3n) is 5.98. The SMILES string of the molecule is CC[C@H](C(=O)NC(C)C)N(Cc1cccc(C)c1)C(=O)CN(c1ccc(Br)cc1)S(=O)(=O)c1ccccc1. The van der Waals surface area contributed by atoms with Gasteiger partial charge < -0.3 is 10.2 Å². The summed E-state index contributed by atoms with van der Waals surface area (Å²) in [6.07, 6.45) is 0.375. The Bertz CT molecular complexity index is 1350. The minimum Gasteiger partial charge on any atom is -0.352 e. The number of carbonyl (C=O) groups is 2. The van der Waals surface area contributed by atoms with Gasteiger partial charge >= 0.3 is 0 Å². The molecule has 0 radical (unpaired) electrons. The molecule has 3 aromatic carbocycles. The molecule has 0 fully saturated rings. The van der Waals surface area contributed by atoms with Crippen molar-refractivity contribution in [3.05, 3.63) is 94.5 Å². The molecule has 0 spiro atoms. The second-order valence-electron chi connectivity index (χ2n) is 9.40. The fourth-order valence-electron chi connectivity index (χ4n) is 4.16. The number of benzene rings is 3. The first-order valence-corrected chi connectivity index (χ1v) is 14.7. The summed E-state index contributed by atoms with van der Waals surface area (Å²) in [7, 11) is -4.08. The smallest absolute Gasteiger partial charge is 0.264 e. The lowest BCUT2D eigenvalue weighted by atomic mass is 10.1. The first-order chi connectivity index (χ1) is 18.0. The van der Waals surface area contributed by atoms with Crippen LogP contribution in [0, 0.1) is 6.92 Å². The average molecular weight is 601 g/mol. The number of rotatable bonds is 11. The van der Waals surface area contributed by atoms with E-state index in [1.165, 1.54) is 17.0 Å². The Morgan fingerprint density at radius 2 is 1.61 bits per heavy atom. The van der Waals surface area contributed by atoms with Gasteiger partial charge in [0, 0.05) is 17.1 Å². The Balaban J connectivity index is 2.05. The van der Waals surface area contributed by atoms with Gasteiger partial charge in [-0.05, 0) is 69.2 Å². The van der Waals surface area contributed by atoms with E-state index in [2.05, 4.69) is 21.2 Å². The minimum absolute atomic E-state index is 0.0746. The Hall–Kier alpha value is -3.17. The van der Waals surface area contributed by atoms with Gasteiger partial charge in [-0.15, -0.1) is 0 Å². The largest absolute Gasteiger partial charge is 0.352 e. The number of amides is 2. The van der Waals surface area contributed by atoms with Crippen LogP contribution in [0.15, 0.2) is 88.2 Å². The van der Waals surface area contributed by atoms with E-state index in [1.807, 2.05) is 52.0 Å². The highest BCUT2D eigenvalue weighted by Gasteiger charge is 2.33. The molecule has 1 N–H and O–H groups in total. The molecule has 3 rings (SSSR count). The maximum absolute atomic E-state index is 14.0. The molecule has 0 saturated heterocycles. The first kappa shape index (κ1) is 29.4. The van der Waals surface area contributed by atoms with Gasteiger partial charge in [0.1, 0.15) is 12.6 Å². The number of hydrogen-bond acceptors (Lipinski definition) is 4. The molecule has 0 aromatic heterocycles. The summed E-state index contributed by atoms with van der Waals surface area (Å²) in [6, 6.07) is 21.6. The molecule has 7 nitrogen and oxygen atoms in total. The first-order valence-electron chi connectivity index (χ1n) is 12.5. The van der Waals surface area contributed by atoms with Gasteiger partial charge in [0.2, 0.25) is 11.8 Å². The molecular weight excluding hydrogens is 566 g/mol. The van der Waals surface area contributed by atoms with E-state index in [0.29, 0.717) is 12.1 Å². The van der Waals surface area contributed by atoms with E-state index >= 15 is 0 Å². The highest BCUT2D eigenvalue weighted by Crippen LogP contribution is 2.26. The van der Waals surface area contributed by atoms with Crippen LogP contribution in [-0.4, -0.2) is 43.8 Å². The van der Waals surface area contributed by atoms with E-state index in [9.17, 15) is 18.0 Å². The number of nitrogens with zero attached hydrogens (tertiary/aromatic N) is 2. The Kier molecular flexibility index (Phi) is 10.1. The zero-order valence-corrected chi connectivity index (χ0v) is 24.5. The maximum Gasteiger partial charge on any atom is 0.264 e. The number of aryl methyl sites for hydroxylation is 1. The van der Waals surface area contributed by atoms with Crippen LogP contribution >= 0.6 is 15.9 Å². The van der Waals surface area contributed by atoms with Gasteiger partial charge in [-0.2, -0.15) is 0 Å². The number of sulfonamides is 1. The third kappa shape index (κ3) is 7.45. The van der Waals surface area contributed by atoms with E-state index < -0.39 is 28.5 Å². The van der Waals surface area contributed by atoms with Crippen molar-refractivity contribution in [1.29, 1.82) is 0 Å². The summed E-state index contributed by atoms with van der Waals surface area (Å²) in [6.45, 7) is 7.23. The average Bonchev–Trinajstić information content (AvgIpc) is 2.87. The summed E-state index contributed by atoms with van der Waals surface area (Å²) in [5.74, 6) is -0.746. The van der Waals surface area contributed by atoms with Crippen molar-refractivity contribution in [1.82, 2.24) is 10.2 Å². The highest BCUT2D eigenvalue weighted by molar-refractivity contribution is 9.10. The molecular formula is C29H34BrN3O4S. The Labute approximate surface area is 234 Å². The second-order valence-corrected chi connectivity index (χ2v) is 12.2. The molecule has 0 heterocycles. The van der Waals surface area contributed by atoms with Crippen molar-refractivity contribution in [2.24, 2.45) is 0 Å². The van der Waals surface area contributed by atoms with Gasteiger partial charge in [0.05, 0.1) is 10.6 Å². The van der Waals surface area contributed by atoms with Crippen molar-refractivity contribution in [3.8, 4) is 0 Å². The van der Waals surface area contributed by atoms with Gasteiger partial charge in [-0.25, -0.2) is 8.42 Å². The van der Waals surface area contributed by atoms with Gasteiger partial charge in [0.15, 0.2) is 0 Å². The summed E-state index contributed by atoms with van der Waals surface area (Å²) >= 11 is 3.38. The standard InChI is InChI=1S/C29H34BrN3O4S/c1-5-27(29(35)31-21(2)3)32(19-23-11-9-10-22(4)18-23)28(34)20-33(25-16-14-24(30)15-17-25)38(36,37)26-12-7-6-8-13-26/h6-18,21,27H,5,19-20H2,1-4H3,(H,31,35)/t27-/m1/s1. The van der Waals surface area contributed by atoms with E-state index in [4.69, 9.17) is 0 Å². The highest BCUT2D eigenvalue weighted by atomic mass is 79.9. The molecule has 0 aliphatic rings. The third-order valence-corrected chi connectivity index (χ3v) is 8.29. The van der Waals surface area contributed by atoms with Crippen LogP contribution in [0.4, 0.5) is 5.69 Å². The van der Waals surface area contributed by atoms with Crippen LogP contribution < -0.4 is 9.62 Å². The van der Waals surface area contributed by atoms with Crippen molar-refractivity contribution in [3.63, 3.8) is 0 Å². The van der Waals surface area contributed by atoms with Crippen molar-refractivity contribution in [2.75, 3.05) is 10.8 Å². The molecule has 9 heteroatoms. The molecule has 202 valence electrons. The molecule has 0 bridgehead atoms. The van der Waals surface area contributed by atoms with Crippen LogP contribution in [0.1, 0.15) is 38.3 Å². The number of hydrogen-bond donors (Lipinski definition) is 1. The summed E-state index contributed by atoms with van der Waals surface area (Å²) in [5.41, 5.74) is 2.23. The lowest BCUT2D eigenvalue weighted by Crippen LogP contribution is -2.53. The summed E-state index contributed by atoms with van der Waals surface area (Å²) in [4.78, 5) is 28.7. The Morgan fingerprint density at radius 3 is 2.18 bits per heavy atom. The maximum atomic E-state index is 14.0. The van der Waals surface area contributed by atoms with E-state index in [0.717, 1.165) is 19.9 Å². The lowest BCUT2D eigenvalue weighted by Gasteiger charge is -2.33. The lowest BCUT2D eigenvalue weighted by molar-refractivity contribution is -0.140.